The van der Waals surface area contributed by atoms with Gasteiger partial charge in [0.2, 0.25) is 13.1 Å². The smallest absolute Gasteiger partial charge is 0.286 e. The van der Waals surface area contributed by atoms with Gasteiger partial charge in [-0.15, -0.1) is 0 Å². The molecule has 0 radical (unpaired) electrons. The second kappa shape index (κ2) is 9.50. The number of rotatable bonds is 8. The Bertz CT molecular complexity index is 743. The summed E-state index contributed by atoms with van der Waals surface area (Å²) in [5.74, 6) is 1.58. The van der Waals surface area contributed by atoms with Gasteiger partial charge in [0, 0.05) is 25.0 Å². The number of aliphatic hydroxyl groups is 1. The second-order valence-electron chi connectivity index (χ2n) is 7.79. The summed E-state index contributed by atoms with van der Waals surface area (Å²) in [5, 5.41) is 12.0. The number of fused-ring (bicyclic) bond motifs is 1. The Balaban J connectivity index is 1.48. The van der Waals surface area contributed by atoms with E-state index in [0.717, 1.165) is 49.2 Å². The Morgan fingerprint density at radius 1 is 1.17 bits per heavy atom. The molecule has 7 nitrogen and oxygen atoms in total. The summed E-state index contributed by atoms with van der Waals surface area (Å²) in [5.41, 5.74) is 1.03. The molecule has 0 saturated heterocycles. The lowest BCUT2D eigenvalue weighted by molar-refractivity contribution is -0.146. The van der Waals surface area contributed by atoms with E-state index < -0.39 is 6.29 Å². The molecule has 1 aromatic carbocycles. The maximum atomic E-state index is 12.8. The summed E-state index contributed by atoms with van der Waals surface area (Å²) >= 11 is 0. The van der Waals surface area contributed by atoms with Gasteiger partial charge in [-0.1, -0.05) is 18.9 Å². The van der Waals surface area contributed by atoms with Gasteiger partial charge in [-0.3, -0.25) is 4.79 Å². The molecule has 3 aliphatic rings. The first-order valence-corrected chi connectivity index (χ1v) is 10.5. The zero-order valence-electron chi connectivity index (χ0n) is 16.6. The first-order chi connectivity index (χ1) is 14.2. The third kappa shape index (κ3) is 5.03. The van der Waals surface area contributed by atoms with E-state index in [9.17, 15) is 4.79 Å². The molecule has 1 amide bonds. The second-order valence-corrected chi connectivity index (χ2v) is 7.79. The molecule has 4 rings (SSSR count). The van der Waals surface area contributed by atoms with Crippen LogP contribution in [0.4, 0.5) is 0 Å². The number of unbranched alkanes of at least 4 members (excludes halogenated alkanes) is 1. The lowest BCUT2D eigenvalue weighted by Gasteiger charge is -2.30. The average Bonchev–Trinajstić information content (AvgIpc) is 3.42. The Labute approximate surface area is 171 Å². The number of carbonyl (C=O) groups excluding carboxylic acids is 1. The standard InChI is InChI=1S/C22H29NO6/c24-9-3-4-10-26-21-13-16(15-7-8-18-19(11-15)28-14-27-18)12-20(29-21)22(25)23-17-5-1-2-6-17/h7-8,11-12,16-17,21,24H,1-6,9-10,13-14H2,(H,23,25)/t16-,21+/m1/s1. The molecule has 7 heteroatoms. The van der Waals surface area contributed by atoms with Crippen LogP contribution < -0.4 is 14.8 Å². The number of carbonyl (C=O) groups is 1. The van der Waals surface area contributed by atoms with Crippen molar-refractivity contribution in [3.05, 3.63) is 35.6 Å². The van der Waals surface area contributed by atoms with Crippen molar-refractivity contribution < 1.29 is 28.8 Å². The summed E-state index contributed by atoms with van der Waals surface area (Å²) in [7, 11) is 0. The Hall–Kier alpha value is -2.25. The number of nitrogens with one attached hydrogen (secondary N) is 1. The highest BCUT2D eigenvalue weighted by molar-refractivity contribution is 5.92. The van der Waals surface area contributed by atoms with Gasteiger partial charge in [-0.2, -0.15) is 0 Å². The average molecular weight is 403 g/mol. The van der Waals surface area contributed by atoms with Crippen LogP contribution in [0.5, 0.6) is 11.5 Å². The van der Waals surface area contributed by atoms with E-state index >= 15 is 0 Å². The molecule has 29 heavy (non-hydrogen) atoms. The van der Waals surface area contributed by atoms with E-state index in [0.29, 0.717) is 25.2 Å². The zero-order valence-corrected chi connectivity index (χ0v) is 16.6. The molecule has 1 aromatic rings. The number of hydrogen-bond donors (Lipinski definition) is 2. The minimum absolute atomic E-state index is 0.0228. The predicted octanol–water partition coefficient (Wildman–Crippen LogP) is 2.98. The number of hydrogen-bond acceptors (Lipinski definition) is 6. The highest BCUT2D eigenvalue weighted by atomic mass is 16.7. The van der Waals surface area contributed by atoms with Crippen LogP contribution in [-0.4, -0.2) is 43.4 Å². The monoisotopic (exact) mass is 403 g/mol. The summed E-state index contributed by atoms with van der Waals surface area (Å²) < 4.78 is 22.7. The van der Waals surface area contributed by atoms with E-state index in [2.05, 4.69) is 5.32 Å². The first kappa shape index (κ1) is 20.0. The van der Waals surface area contributed by atoms with Crippen LogP contribution >= 0.6 is 0 Å². The SMILES string of the molecule is O=C(NC1CCCC1)C1=C[C@@H](c2ccc3c(c2)OCO3)C[C@@H](OCCCCO)O1. The molecule has 0 aromatic heterocycles. The fourth-order valence-corrected chi connectivity index (χ4v) is 4.05. The third-order valence-corrected chi connectivity index (χ3v) is 5.65. The molecule has 0 spiro atoms. The van der Waals surface area contributed by atoms with Gasteiger partial charge in [0.15, 0.2) is 17.3 Å². The van der Waals surface area contributed by atoms with Gasteiger partial charge >= 0.3 is 0 Å². The molecule has 1 fully saturated rings. The van der Waals surface area contributed by atoms with Gasteiger partial charge in [0.05, 0.1) is 6.61 Å². The quantitative estimate of drug-likeness (QED) is 0.649. The number of allylic oxidation sites excluding steroid dienone is 1. The number of aliphatic hydroxyl groups excluding tert-OH is 1. The molecular weight excluding hydrogens is 374 g/mol. The topological polar surface area (TPSA) is 86.3 Å². The van der Waals surface area contributed by atoms with Crippen molar-refractivity contribution >= 4 is 5.91 Å². The van der Waals surface area contributed by atoms with Crippen LogP contribution in [0.3, 0.4) is 0 Å². The van der Waals surface area contributed by atoms with Crippen molar-refractivity contribution in [2.75, 3.05) is 20.0 Å². The van der Waals surface area contributed by atoms with E-state index in [4.69, 9.17) is 24.1 Å². The fraction of sp³-hybridized carbons (Fsp3) is 0.591. The summed E-state index contributed by atoms with van der Waals surface area (Å²) in [6.07, 6.45) is 7.77. The Kier molecular flexibility index (Phi) is 6.56. The van der Waals surface area contributed by atoms with Crippen molar-refractivity contribution in [3.63, 3.8) is 0 Å². The van der Waals surface area contributed by atoms with Crippen LogP contribution in [-0.2, 0) is 14.3 Å². The minimum Gasteiger partial charge on any atom is -0.459 e. The zero-order chi connectivity index (χ0) is 20.1. The predicted molar refractivity (Wildman–Crippen MR) is 106 cm³/mol. The van der Waals surface area contributed by atoms with E-state index in [1.54, 1.807) is 0 Å². The fourth-order valence-electron chi connectivity index (χ4n) is 4.05. The summed E-state index contributed by atoms with van der Waals surface area (Å²) in [6, 6.07) is 6.08. The maximum absolute atomic E-state index is 12.8. The Morgan fingerprint density at radius 3 is 2.83 bits per heavy atom. The molecule has 2 N–H and O–H groups in total. The van der Waals surface area contributed by atoms with Crippen molar-refractivity contribution in [2.45, 2.75) is 63.2 Å². The molecule has 2 aliphatic heterocycles. The van der Waals surface area contributed by atoms with Crippen LogP contribution in [0.15, 0.2) is 30.0 Å². The molecule has 2 atom stereocenters. The van der Waals surface area contributed by atoms with E-state index in [1.165, 1.54) is 0 Å². The molecule has 158 valence electrons. The summed E-state index contributed by atoms with van der Waals surface area (Å²) in [4.78, 5) is 12.8. The van der Waals surface area contributed by atoms with Crippen molar-refractivity contribution in [1.82, 2.24) is 5.32 Å². The minimum atomic E-state index is -0.501. The summed E-state index contributed by atoms with van der Waals surface area (Å²) in [6.45, 7) is 0.855. The van der Waals surface area contributed by atoms with Gasteiger partial charge in [-0.25, -0.2) is 0 Å². The largest absolute Gasteiger partial charge is 0.459 e. The molecular formula is C22H29NO6. The lowest BCUT2D eigenvalue weighted by Crippen LogP contribution is -2.37. The molecule has 1 saturated carbocycles. The van der Waals surface area contributed by atoms with Crippen molar-refractivity contribution in [3.8, 4) is 11.5 Å². The number of amides is 1. The normalized spacial score (nSPS) is 23.6. The highest BCUT2D eigenvalue weighted by Gasteiger charge is 2.31. The third-order valence-electron chi connectivity index (χ3n) is 5.65. The van der Waals surface area contributed by atoms with Gasteiger partial charge in [0.25, 0.3) is 5.91 Å². The number of benzene rings is 1. The van der Waals surface area contributed by atoms with Crippen LogP contribution in [0.2, 0.25) is 0 Å². The van der Waals surface area contributed by atoms with Gasteiger partial charge in [0.1, 0.15) is 0 Å². The Morgan fingerprint density at radius 2 is 2.00 bits per heavy atom. The van der Waals surface area contributed by atoms with Gasteiger partial charge < -0.3 is 29.4 Å². The van der Waals surface area contributed by atoms with Crippen LogP contribution in [0.25, 0.3) is 0 Å². The highest BCUT2D eigenvalue weighted by Crippen LogP contribution is 2.38. The molecule has 0 unspecified atom stereocenters. The maximum Gasteiger partial charge on any atom is 0.286 e. The van der Waals surface area contributed by atoms with Crippen LogP contribution in [0, 0.1) is 0 Å². The van der Waals surface area contributed by atoms with Crippen LogP contribution in [0.1, 0.15) is 56.4 Å². The first-order valence-electron chi connectivity index (χ1n) is 10.5. The van der Waals surface area contributed by atoms with Crippen molar-refractivity contribution in [2.24, 2.45) is 0 Å². The molecule has 2 heterocycles. The molecule has 1 aliphatic carbocycles. The van der Waals surface area contributed by atoms with Crippen molar-refractivity contribution in [1.29, 1.82) is 0 Å². The van der Waals surface area contributed by atoms with E-state index in [1.807, 2.05) is 24.3 Å². The molecule has 0 bridgehead atoms. The van der Waals surface area contributed by atoms with E-state index in [-0.39, 0.29) is 31.3 Å². The van der Waals surface area contributed by atoms with Gasteiger partial charge in [-0.05, 0) is 49.5 Å². The number of ether oxygens (including phenoxy) is 4. The lowest BCUT2D eigenvalue weighted by atomic mass is 9.92.